The molecule has 11 heteroatoms. The van der Waals surface area contributed by atoms with Crippen molar-refractivity contribution in [2.45, 2.75) is 29.7 Å². The minimum absolute atomic E-state index is 0.0832. The fraction of sp³-hybridized carbons (Fsp3) is 1.00. The van der Waals surface area contributed by atoms with Crippen LogP contribution in [0.2, 0.25) is 0 Å². The van der Waals surface area contributed by atoms with Crippen LogP contribution in [0.25, 0.3) is 0 Å². The summed E-state index contributed by atoms with van der Waals surface area (Å²) in [6.07, 6.45) is -5.13. The number of aliphatic hydroxyl groups excluding tert-OH is 5. The predicted octanol–water partition coefficient (Wildman–Crippen LogP) is -3.76. The van der Waals surface area contributed by atoms with Crippen LogP contribution >= 0.6 is 0 Å². The molecule has 0 bridgehead atoms. The van der Waals surface area contributed by atoms with Gasteiger partial charge < -0.3 is 25.5 Å². The van der Waals surface area contributed by atoms with E-state index in [1.165, 1.54) is 0 Å². The van der Waals surface area contributed by atoms with Crippen molar-refractivity contribution in [2.75, 3.05) is 24.7 Å². The first-order chi connectivity index (χ1) is 9.19. The van der Waals surface area contributed by atoms with Gasteiger partial charge in [0.2, 0.25) is 0 Å². The summed E-state index contributed by atoms with van der Waals surface area (Å²) in [5.41, 5.74) is 0. The number of hydrogen-bond donors (Lipinski definition) is 6. The topological polar surface area (TPSA) is 165 Å². The zero-order valence-corrected chi connectivity index (χ0v) is 12.1. The second-order valence-electron chi connectivity index (χ2n) is 4.46. The molecule has 6 N–H and O–H groups in total. The minimum Gasteiger partial charge on any atom is -0.394 e. The summed E-state index contributed by atoms with van der Waals surface area (Å²) >= 11 is 0. The van der Waals surface area contributed by atoms with E-state index in [4.69, 9.17) is 14.8 Å². The van der Waals surface area contributed by atoms with Crippen molar-refractivity contribution in [2.24, 2.45) is 0 Å². The van der Waals surface area contributed by atoms with Gasteiger partial charge >= 0.3 is 10.4 Å². The molecule has 0 aromatic rings. The van der Waals surface area contributed by atoms with Crippen molar-refractivity contribution in [1.82, 2.24) is 0 Å². The van der Waals surface area contributed by atoms with E-state index in [0.29, 0.717) is 0 Å². The highest BCUT2D eigenvalue weighted by molar-refractivity contribution is 7.97. The van der Waals surface area contributed by atoms with E-state index in [2.05, 4.69) is 4.18 Å². The summed E-state index contributed by atoms with van der Waals surface area (Å²) < 4.78 is 33.8. The Morgan fingerprint density at radius 3 is 2.35 bits per heavy atom. The van der Waals surface area contributed by atoms with Gasteiger partial charge in [0.15, 0.2) is 5.25 Å². The Morgan fingerprint density at radius 2 is 1.90 bits per heavy atom. The Bertz CT molecular complexity index is 400. The molecule has 1 aliphatic rings. The lowest BCUT2D eigenvalue weighted by Crippen LogP contribution is -2.42. The lowest BCUT2D eigenvalue weighted by molar-refractivity contribution is 0.0112. The summed E-state index contributed by atoms with van der Waals surface area (Å²) in [6, 6.07) is 0. The van der Waals surface area contributed by atoms with Gasteiger partial charge in [-0.15, -0.1) is 0 Å². The fourth-order valence-corrected chi connectivity index (χ4v) is 5.20. The van der Waals surface area contributed by atoms with Crippen LogP contribution in [-0.4, -0.2) is 92.9 Å². The average Bonchev–Trinajstić information content (AvgIpc) is 2.60. The standard InChI is InChI=1S/C9H18O9S2/c10-1-7(18-20(15,16)17)5(12)3-19-4-6(13)9(14)8(19)2-11/h5-14H,1-4H2/p+1/t5-,6-,7+,8-,9+,19?/m0/s1. The Hall–Kier alpha value is 0.0200. The monoisotopic (exact) mass is 335 g/mol. The fourth-order valence-electron chi connectivity index (χ4n) is 1.99. The molecular formula is C9H19O9S2+. The molecular weight excluding hydrogens is 316 g/mol. The molecule has 0 aromatic heterocycles. The maximum Gasteiger partial charge on any atom is 0.397 e. The Balaban J connectivity index is 2.66. The number of hydrogen-bond acceptors (Lipinski definition) is 8. The van der Waals surface area contributed by atoms with E-state index in [1.54, 1.807) is 0 Å². The molecule has 1 aliphatic heterocycles. The van der Waals surface area contributed by atoms with Gasteiger partial charge in [0.25, 0.3) is 0 Å². The smallest absolute Gasteiger partial charge is 0.394 e. The molecule has 1 rings (SSSR count). The van der Waals surface area contributed by atoms with Crippen molar-refractivity contribution in [1.29, 1.82) is 0 Å². The van der Waals surface area contributed by atoms with Crippen molar-refractivity contribution in [3.05, 3.63) is 0 Å². The molecule has 6 atom stereocenters. The zero-order chi connectivity index (χ0) is 15.5. The van der Waals surface area contributed by atoms with Gasteiger partial charge in [0, 0.05) is 10.9 Å². The summed E-state index contributed by atoms with van der Waals surface area (Å²) in [6.45, 7) is -1.23. The molecule has 1 unspecified atom stereocenters. The first-order valence-corrected chi connectivity index (χ1v) is 8.76. The van der Waals surface area contributed by atoms with Crippen molar-refractivity contribution >= 4 is 21.3 Å². The lowest BCUT2D eigenvalue weighted by atomic mass is 10.2. The van der Waals surface area contributed by atoms with E-state index < -0.39 is 64.2 Å². The van der Waals surface area contributed by atoms with Crippen LogP contribution < -0.4 is 0 Å². The van der Waals surface area contributed by atoms with Crippen molar-refractivity contribution in [3.63, 3.8) is 0 Å². The molecule has 120 valence electrons. The normalized spacial score (nSPS) is 34.1. The van der Waals surface area contributed by atoms with Crippen LogP contribution in [0.3, 0.4) is 0 Å². The van der Waals surface area contributed by atoms with Crippen molar-refractivity contribution in [3.8, 4) is 0 Å². The highest BCUT2D eigenvalue weighted by atomic mass is 32.3. The Kier molecular flexibility index (Phi) is 6.63. The van der Waals surface area contributed by atoms with Gasteiger partial charge in [-0.3, -0.25) is 4.55 Å². The van der Waals surface area contributed by atoms with Crippen LogP contribution in [0.1, 0.15) is 0 Å². The van der Waals surface area contributed by atoms with E-state index in [9.17, 15) is 23.7 Å². The highest BCUT2D eigenvalue weighted by Crippen LogP contribution is 2.25. The predicted molar refractivity (Wildman–Crippen MR) is 69.5 cm³/mol. The third-order valence-electron chi connectivity index (χ3n) is 3.01. The maximum absolute atomic E-state index is 10.6. The van der Waals surface area contributed by atoms with Gasteiger partial charge in [-0.25, -0.2) is 4.18 Å². The van der Waals surface area contributed by atoms with E-state index in [0.717, 1.165) is 0 Å². The molecule has 0 radical (unpaired) electrons. The van der Waals surface area contributed by atoms with E-state index in [-0.39, 0.29) is 11.5 Å². The molecule has 1 heterocycles. The van der Waals surface area contributed by atoms with E-state index in [1.807, 2.05) is 0 Å². The molecule has 0 aliphatic carbocycles. The lowest BCUT2D eigenvalue weighted by Gasteiger charge is -2.20. The van der Waals surface area contributed by atoms with Crippen molar-refractivity contribution < 1.29 is 42.7 Å². The van der Waals surface area contributed by atoms with Crippen LogP contribution in [0.15, 0.2) is 0 Å². The van der Waals surface area contributed by atoms with Gasteiger partial charge in [-0.1, -0.05) is 0 Å². The molecule has 9 nitrogen and oxygen atoms in total. The Morgan fingerprint density at radius 1 is 1.30 bits per heavy atom. The maximum atomic E-state index is 10.6. The van der Waals surface area contributed by atoms with E-state index >= 15 is 0 Å². The van der Waals surface area contributed by atoms with Crippen LogP contribution in [0, 0.1) is 0 Å². The number of aliphatic hydroxyl groups is 5. The van der Waals surface area contributed by atoms with Gasteiger partial charge in [0.05, 0.1) is 13.2 Å². The first-order valence-electron chi connectivity index (χ1n) is 5.77. The average molecular weight is 335 g/mol. The largest absolute Gasteiger partial charge is 0.397 e. The number of rotatable bonds is 7. The molecule has 0 spiro atoms. The highest BCUT2D eigenvalue weighted by Gasteiger charge is 2.50. The third kappa shape index (κ3) is 4.79. The second-order valence-corrected chi connectivity index (χ2v) is 7.86. The second kappa shape index (κ2) is 7.33. The summed E-state index contributed by atoms with van der Waals surface area (Å²) in [5.74, 6) is 0.0631. The van der Waals surface area contributed by atoms with Crippen LogP contribution in [-0.2, 0) is 25.5 Å². The molecule has 1 saturated heterocycles. The van der Waals surface area contributed by atoms with Gasteiger partial charge in [-0.2, -0.15) is 8.42 Å². The summed E-state index contributed by atoms with van der Waals surface area (Å²) in [4.78, 5) is 0. The quantitative estimate of drug-likeness (QED) is 0.202. The van der Waals surface area contributed by atoms with Gasteiger partial charge in [-0.05, 0) is 0 Å². The third-order valence-corrected chi connectivity index (χ3v) is 6.32. The molecule has 1 fully saturated rings. The molecule has 0 saturated carbocycles. The van der Waals surface area contributed by atoms with Gasteiger partial charge in [0.1, 0.15) is 35.9 Å². The van der Waals surface area contributed by atoms with Crippen LogP contribution in [0.4, 0.5) is 0 Å². The Labute approximate surface area is 119 Å². The van der Waals surface area contributed by atoms with Crippen LogP contribution in [0.5, 0.6) is 0 Å². The summed E-state index contributed by atoms with van der Waals surface area (Å²) in [7, 11) is -5.59. The first kappa shape index (κ1) is 18.1. The minimum atomic E-state index is -4.82. The zero-order valence-electron chi connectivity index (χ0n) is 10.4. The molecule has 0 amide bonds. The summed E-state index contributed by atoms with van der Waals surface area (Å²) in [5, 5.41) is 46.4. The SMILES string of the molecule is O=S(=O)(O)O[C@H](CO)[C@@H](O)C[S+]1C[C@H](O)[C@@H](O)[C@@H]1CO. The molecule has 0 aromatic carbocycles. The molecule has 20 heavy (non-hydrogen) atoms.